The summed E-state index contributed by atoms with van der Waals surface area (Å²) < 4.78 is 5.57. The highest BCUT2D eigenvalue weighted by Gasteiger charge is 2.30. The van der Waals surface area contributed by atoms with E-state index in [9.17, 15) is 4.79 Å². The van der Waals surface area contributed by atoms with Gasteiger partial charge in [-0.3, -0.25) is 4.79 Å². The summed E-state index contributed by atoms with van der Waals surface area (Å²) in [5, 5.41) is 8.72. The number of carbonyl (C=O) groups is 1. The van der Waals surface area contributed by atoms with Crippen LogP contribution in [0.15, 0.2) is 6.07 Å². The second-order valence-electron chi connectivity index (χ2n) is 5.18. The SMILES string of the molecule is Cc1cc(OC(C)C)nc(N2CC(CC(=O)O)C2)n1. The summed E-state index contributed by atoms with van der Waals surface area (Å²) in [6, 6.07) is 1.80. The van der Waals surface area contributed by atoms with Gasteiger partial charge >= 0.3 is 5.97 Å². The molecule has 1 saturated heterocycles. The number of aryl methyl sites for hydroxylation is 1. The highest BCUT2D eigenvalue weighted by molar-refractivity contribution is 5.67. The van der Waals surface area contributed by atoms with E-state index in [4.69, 9.17) is 9.84 Å². The van der Waals surface area contributed by atoms with Crippen molar-refractivity contribution in [2.75, 3.05) is 18.0 Å². The molecule has 0 spiro atoms. The Labute approximate surface area is 112 Å². The Morgan fingerprint density at radius 1 is 1.53 bits per heavy atom. The summed E-state index contributed by atoms with van der Waals surface area (Å²) in [6.07, 6.45) is 0.274. The topological polar surface area (TPSA) is 75.5 Å². The molecular weight excluding hydrogens is 246 g/mol. The minimum Gasteiger partial charge on any atom is -0.481 e. The minimum absolute atomic E-state index is 0.0679. The first-order valence-electron chi connectivity index (χ1n) is 6.43. The van der Waals surface area contributed by atoms with Crippen molar-refractivity contribution in [2.24, 2.45) is 5.92 Å². The first kappa shape index (κ1) is 13.6. The Bertz CT molecular complexity index is 470. The molecular formula is C13H19N3O3. The van der Waals surface area contributed by atoms with Gasteiger partial charge in [0.1, 0.15) is 0 Å². The average molecular weight is 265 g/mol. The van der Waals surface area contributed by atoms with Crippen molar-refractivity contribution in [3.05, 3.63) is 11.8 Å². The van der Waals surface area contributed by atoms with Gasteiger partial charge in [-0.25, -0.2) is 4.98 Å². The zero-order valence-electron chi connectivity index (χ0n) is 11.5. The fourth-order valence-corrected chi connectivity index (χ4v) is 2.08. The standard InChI is InChI=1S/C13H19N3O3/c1-8(2)19-11-4-9(3)14-13(15-11)16-6-10(7-16)5-12(17)18/h4,8,10H,5-7H2,1-3H3,(H,17,18). The minimum atomic E-state index is -0.751. The van der Waals surface area contributed by atoms with Crippen molar-refractivity contribution in [1.29, 1.82) is 0 Å². The van der Waals surface area contributed by atoms with Crippen molar-refractivity contribution in [3.8, 4) is 5.88 Å². The Morgan fingerprint density at radius 2 is 2.21 bits per heavy atom. The molecule has 2 rings (SSSR count). The second-order valence-corrected chi connectivity index (χ2v) is 5.18. The van der Waals surface area contributed by atoms with Gasteiger partial charge in [-0.15, -0.1) is 0 Å². The largest absolute Gasteiger partial charge is 0.481 e. The lowest BCUT2D eigenvalue weighted by Crippen LogP contribution is -2.48. The molecule has 6 nitrogen and oxygen atoms in total. The third-order valence-electron chi connectivity index (χ3n) is 2.88. The van der Waals surface area contributed by atoms with Crippen LogP contribution in [0.3, 0.4) is 0 Å². The van der Waals surface area contributed by atoms with Crippen LogP contribution in [0.5, 0.6) is 5.88 Å². The number of carboxylic acids is 1. The summed E-state index contributed by atoms with van der Waals surface area (Å²) in [7, 11) is 0. The molecule has 0 radical (unpaired) electrons. The van der Waals surface area contributed by atoms with Crippen molar-refractivity contribution in [3.63, 3.8) is 0 Å². The highest BCUT2D eigenvalue weighted by atomic mass is 16.5. The molecule has 1 N–H and O–H groups in total. The van der Waals surface area contributed by atoms with E-state index in [2.05, 4.69) is 9.97 Å². The molecule has 0 unspecified atom stereocenters. The molecule has 0 bridgehead atoms. The van der Waals surface area contributed by atoms with Crippen molar-refractivity contribution < 1.29 is 14.6 Å². The maximum atomic E-state index is 10.6. The van der Waals surface area contributed by atoms with Gasteiger partial charge in [0, 0.05) is 30.8 Å². The predicted molar refractivity (Wildman–Crippen MR) is 70.5 cm³/mol. The fourth-order valence-electron chi connectivity index (χ4n) is 2.08. The number of aliphatic carboxylic acids is 1. The lowest BCUT2D eigenvalue weighted by molar-refractivity contribution is -0.138. The van der Waals surface area contributed by atoms with Gasteiger partial charge in [0.15, 0.2) is 0 Å². The molecule has 0 saturated carbocycles. The number of hydrogen-bond donors (Lipinski definition) is 1. The molecule has 0 aliphatic carbocycles. The van der Waals surface area contributed by atoms with Gasteiger partial charge in [-0.2, -0.15) is 4.98 Å². The second kappa shape index (κ2) is 5.42. The van der Waals surface area contributed by atoms with Crippen LogP contribution >= 0.6 is 0 Å². The molecule has 0 atom stereocenters. The normalized spacial score (nSPS) is 15.5. The van der Waals surface area contributed by atoms with Crippen molar-refractivity contribution in [1.82, 2.24) is 9.97 Å². The van der Waals surface area contributed by atoms with Gasteiger partial charge in [0.05, 0.1) is 12.5 Å². The molecule has 0 aromatic carbocycles. The predicted octanol–water partition coefficient (Wildman–Crippen LogP) is 1.48. The Kier molecular flexibility index (Phi) is 3.87. The van der Waals surface area contributed by atoms with Crippen molar-refractivity contribution >= 4 is 11.9 Å². The molecule has 1 aromatic rings. The van der Waals surface area contributed by atoms with Gasteiger partial charge in [-0.1, -0.05) is 0 Å². The Balaban J connectivity index is 2.01. The smallest absolute Gasteiger partial charge is 0.303 e. The molecule has 2 heterocycles. The zero-order chi connectivity index (χ0) is 14.0. The quantitative estimate of drug-likeness (QED) is 0.869. The molecule has 19 heavy (non-hydrogen) atoms. The maximum Gasteiger partial charge on any atom is 0.303 e. The summed E-state index contributed by atoms with van der Waals surface area (Å²) in [5.74, 6) is 0.631. The molecule has 104 valence electrons. The number of aromatic nitrogens is 2. The van der Waals surface area contributed by atoms with Crippen LogP contribution in [0, 0.1) is 12.8 Å². The highest BCUT2D eigenvalue weighted by Crippen LogP contribution is 2.25. The number of ether oxygens (including phenoxy) is 1. The lowest BCUT2D eigenvalue weighted by Gasteiger charge is -2.38. The van der Waals surface area contributed by atoms with E-state index in [0.29, 0.717) is 24.9 Å². The number of rotatable bonds is 5. The number of hydrogen-bond acceptors (Lipinski definition) is 5. The van der Waals surface area contributed by atoms with E-state index in [1.807, 2.05) is 25.7 Å². The van der Waals surface area contributed by atoms with E-state index in [1.54, 1.807) is 6.07 Å². The number of anilines is 1. The Hall–Kier alpha value is -1.85. The first-order chi connectivity index (χ1) is 8.94. The molecule has 1 fully saturated rings. The third kappa shape index (κ3) is 3.56. The summed E-state index contributed by atoms with van der Waals surface area (Å²) in [4.78, 5) is 21.3. The van der Waals surface area contributed by atoms with Crippen LogP contribution in [0.2, 0.25) is 0 Å². The van der Waals surface area contributed by atoms with Gasteiger partial charge in [-0.05, 0) is 20.8 Å². The van der Waals surface area contributed by atoms with E-state index in [-0.39, 0.29) is 18.4 Å². The van der Waals surface area contributed by atoms with Gasteiger partial charge in [0.25, 0.3) is 0 Å². The van der Waals surface area contributed by atoms with Crippen LogP contribution in [-0.2, 0) is 4.79 Å². The molecule has 1 aliphatic rings. The molecule has 1 aliphatic heterocycles. The van der Waals surface area contributed by atoms with Gasteiger partial charge in [0.2, 0.25) is 11.8 Å². The van der Waals surface area contributed by atoms with Crippen LogP contribution in [0.1, 0.15) is 26.0 Å². The molecule has 1 aromatic heterocycles. The maximum absolute atomic E-state index is 10.6. The lowest BCUT2D eigenvalue weighted by atomic mass is 9.97. The molecule has 6 heteroatoms. The van der Waals surface area contributed by atoms with Crippen LogP contribution in [-0.4, -0.2) is 40.2 Å². The van der Waals surface area contributed by atoms with E-state index < -0.39 is 5.97 Å². The number of carboxylic acid groups (broad SMARTS) is 1. The van der Waals surface area contributed by atoms with E-state index in [0.717, 1.165) is 5.69 Å². The summed E-state index contributed by atoms with van der Waals surface area (Å²) in [5.41, 5.74) is 0.849. The van der Waals surface area contributed by atoms with Crippen molar-refractivity contribution in [2.45, 2.75) is 33.3 Å². The van der Waals surface area contributed by atoms with E-state index in [1.165, 1.54) is 0 Å². The van der Waals surface area contributed by atoms with E-state index >= 15 is 0 Å². The van der Waals surface area contributed by atoms with Crippen LogP contribution in [0.4, 0.5) is 5.95 Å². The summed E-state index contributed by atoms with van der Waals surface area (Å²) in [6.45, 7) is 7.17. The van der Waals surface area contributed by atoms with Gasteiger partial charge < -0.3 is 14.7 Å². The third-order valence-corrected chi connectivity index (χ3v) is 2.88. The summed E-state index contributed by atoms with van der Waals surface area (Å²) >= 11 is 0. The van der Waals surface area contributed by atoms with Crippen LogP contribution in [0.25, 0.3) is 0 Å². The fraction of sp³-hybridized carbons (Fsp3) is 0.615. The van der Waals surface area contributed by atoms with Crippen LogP contribution < -0.4 is 9.64 Å². The monoisotopic (exact) mass is 265 g/mol. The zero-order valence-corrected chi connectivity index (χ0v) is 11.5. The molecule has 0 amide bonds. The number of nitrogens with zero attached hydrogens (tertiary/aromatic N) is 3. The Morgan fingerprint density at radius 3 is 2.79 bits per heavy atom. The average Bonchev–Trinajstić information content (AvgIpc) is 2.20. The first-order valence-corrected chi connectivity index (χ1v) is 6.43.